The van der Waals surface area contributed by atoms with Crippen LogP contribution < -0.4 is 5.43 Å². The minimum atomic E-state index is -0.103. The molecule has 0 aromatic carbocycles. The molecule has 13 heavy (non-hydrogen) atoms. The summed E-state index contributed by atoms with van der Waals surface area (Å²) in [6, 6.07) is 3.04. The van der Waals surface area contributed by atoms with Crippen LogP contribution in [-0.4, -0.2) is 4.98 Å². The van der Waals surface area contributed by atoms with E-state index in [0.29, 0.717) is 10.5 Å². The van der Waals surface area contributed by atoms with Gasteiger partial charge in [-0.1, -0.05) is 11.6 Å². The average molecular weight is 196 g/mol. The summed E-state index contributed by atoms with van der Waals surface area (Å²) in [5.74, 6) is 0. The Morgan fingerprint density at radius 3 is 3.08 bits per heavy atom. The summed E-state index contributed by atoms with van der Waals surface area (Å²) in [6.45, 7) is 1.79. The van der Waals surface area contributed by atoms with Crippen molar-refractivity contribution in [1.82, 2.24) is 4.98 Å². The van der Waals surface area contributed by atoms with Crippen LogP contribution in [0, 0.1) is 6.92 Å². The largest absolute Gasteiger partial charge is 0.446 e. The Kier molecular flexibility index (Phi) is 1.81. The van der Waals surface area contributed by atoms with Gasteiger partial charge in [0.15, 0.2) is 5.43 Å². The highest BCUT2D eigenvalue weighted by Gasteiger charge is 2.04. The Labute approximate surface area is 79.0 Å². The van der Waals surface area contributed by atoms with E-state index in [-0.39, 0.29) is 11.1 Å². The summed E-state index contributed by atoms with van der Waals surface area (Å²) in [7, 11) is 0. The van der Waals surface area contributed by atoms with Gasteiger partial charge in [-0.15, -0.1) is 0 Å². The van der Waals surface area contributed by atoms with Crippen LogP contribution in [-0.2, 0) is 0 Å². The third-order valence-electron chi connectivity index (χ3n) is 1.78. The first-order chi connectivity index (χ1) is 6.18. The van der Waals surface area contributed by atoms with Crippen LogP contribution in [0.25, 0.3) is 11.1 Å². The van der Waals surface area contributed by atoms with Crippen LogP contribution >= 0.6 is 11.6 Å². The Balaban J connectivity index is 2.97. The maximum absolute atomic E-state index is 11.3. The minimum Gasteiger partial charge on any atom is -0.446 e. The molecule has 0 fully saturated rings. The van der Waals surface area contributed by atoms with Gasteiger partial charge in [0.25, 0.3) is 0 Å². The molecular weight excluding hydrogens is 190 g/mol. The normalized spacial score (nSPS) is 10.6. The van der Waals surface area contributed by atoms with Gasteiger partial charge in [-0.05, 0) is 18.6 Å². The number of aryl methyl sites for hydroxylation is 1. The molecule has 0 aliphatic rings. The fourth-order valence-electron chi connectivity index (χ4n) is 1.09. The van der Waals surface area contributed by atoms with Crippen molar-refractivity contribution < 1.29 is 4.42 Å². The summed E-state index contributed by atoms with van der Waals surface area (Å²) in [6.07, 6.45) is 1.31. The number of nitrogens with zero attached hydrogens (tertiary/aromatic N) is 1. The van der Waals surface area contributed by atoms with Crippen molar-refractivity contribution in [2.75, 3.05) is 0 Å². The molecule has 0 atom stereocenters. The third-order valence-corrected chi connectivity index (χ3v) is 2.16. The van der Waals surface area contributed by atoms with Crippen molar-refractivity contribution >= 4 is 22.7 Å². The molecule has 0 saturated carbocycles. The summed E-state index contributed by atoms with van der Waals surface area (Å²) in [5.41, 5.74) is 0.948. The molecule has 0 aliphatic carbocycles. The molecule has 0 saturated heterocycles. The van der Waals surface area contributed by atoms with E-state index in [1.807, 2.05) is 0 Å². The molecule has 2 aromatic rings. The van der Waals surface area contributed by atoms with Crippen molar-refractivity contribution in [3.63, 3.8) is 0 Å². The van der Waals surface area contributed by atoms with Gasteiger partial charge in [-0.3, -0.25) is 4.79 Å². The maximum atomic E-state index is 11.3. The van der Waals surface area contributed by atoms with E-state index in [0.717, 1.165) is 5.56 Å². The number of pyridine rings is 1. The van der Waals surface area contributed by atoms with Gasteiger partial charge in [0.1, 0.15) is 5.15 Å². The van der Waals surface area contributed by atoms with E-state index in [1.165, 1.54) is 12.3 Å². The van der Waals surface area contributed by atoms with E-state index >= 15 is 0 Å². The zero-order valence-corrected chi connectivity index (χ0v) is 7.63. The van der Waals surface area contributed by atoms with Crippen LogP contribution in [0.4, 0.5) is 0 Å². The number of fused-ring (bicyclic) bond motifs is 1. The lowest BCUT2D eigenvalue weighted by molar-refractivity contribution is 0.589. The molecule has 3 nitrogen and oxygen atoms in total. The minimum absolute atomic E-state index is 0.103. The van der Waals surface area contributed by atoms with Crippen molar-refractivity contribution in [3.8, 4) is 0 Å². The molecule has 0 bridgehead atoms. The first-order valence-electron chi connectivity index (χ1n) is 3.73. The lowest BCUT2D eigenvalue weighted by Crippen LogP contribution is -1.99. The van der Waals surface area contributed by atoms with Crippen LogP contribution in [0.1, 0.15) is 5.56 Å². The highest BCUT2D eigenvalue weighted by atomic mass is 35.5. The predicted molar refractivity (Wildman–Crippen MR) is 50.0 cm³/mol. The molecule has 0 aliphatic heterocycles. The van der Waals surface area contributed by atoms with Crippen molar-refractivity contribution in [2.24, 2.45) is 0 Å². The zero-order valence-electron chi connectivity index (χ0n) is 6.87. The van der Waals surface area contributed by atoms with Crippen molar-refractivity contribution in [1.29, 1.82) is 0 Å². The highest BCUT2D eigenvalue weighted by Crippen LogP contribution is 2.16. The van der Waals surface area contributed by atoms with E-state index in [9.17, 15) is 4.79 Å². The lowest BCUT2D eigenvalue weighted by atomic mass is 10.2. The van der Waals surface area contributed by atoms with Gasteiger partial charge in [0, 0.05) is 6.07 Å². The third kappa shape index (κ3) is 1.31. The average Bonchev–Trinajstić information content (AvgIpc) is 2.09. The predicted octanol–water partition coefficient (Wildman–Crippen LogP) is 2.15. The van der Waals surface area contributed by atoms with Crippen LogP contribution in [0.2, 0.25) is 5.15 Å². The monoisotopic (exact) mass is 195 g/mol. The number of rotatable bonds is 0. The van der Waals surface area contributed by atoms with Crippen LogP contribution in [0.3, 0.4) is 0 Å². The van der Waals surface area contributed by atoms with Crippen LogP contribution in [0.15, 0.2) is 27.6 Å². The fraction of sp³-hybridized carbons (Fsp3) is 0.111. The summed E-state index contributed by atoms with van der Waals surface area (Å²) < 4.78 is 5.03. The van der Waals surface area contributed by atoms with Gasteiger partial charge in [-0.2, -0.15) is 0 Å². The second-order valence-corrected chi connectivity index (χ2v) is 3.09. The lowest BCUT2D eigenvalue weighted by Gasteiger charge is -1.98. The van der Waals surface area contributed by atoms with Crippen molar-refractivity contribution in [2.45, 2.75) is 6.92 Å². The SMILES string of the molecule is Cc1cc2c(=O)ccoc2nc1Cl. The molecule has 4 heteroatoms. The molecule has 2 aromatic heterocycles. The van der Waals surface area contributed by atoms with E-state index in [4.69, 9.17) is 16.0 Å². The summed E-state index contributed by atoms with van der Waals surface area (Å²) in [4.78, 5) is 15.2. The molecule has 66 valence electrons. The Bertz CT molecular complexity index is 518. The number of hydrogen-bond acceptors (Lipinski definition) is 3. The Morgan fingerprint density at radius 1 is 1.54 bits per heavy atom. The van der Waals surface area contributed by atoms with E-state index < -0.39 is 0 Å². The zero-order chi connectivity index (χ0) is 9.42. The second-order valence-electron chi connectivity index (χ2n) is 2.73. The highest BCUT2D eigenvalue weighted by molar-refractivity contribution is 6.30. The topological polar surface area (TPSA) is 43.1 Å². The molecule has 0 amide bonds. The fourth-order valence-corrected chi connectivity index (χ4v) is 1.22. The van der Waals surface area contributed by atoms with Gasteiger partial charge >= 0.3 is 0 Å². The molecular formula is C9H6ClNO2. The molecule has 0 radical (unpaired) electrons. The first-order valence-corrected chi connectivity index (χ1v) is 4.11. The first kappa shape index (κ1) is 8.26. The smallest absolute Gasteiger partial charge is 0.231 e. The second kappa shape index (κ2) is 2.85. The summed E-state index contributed by atoms with van der Waals surface area (Å²) in [5, 5.41) is 0.825. The van der Waals surface area contributed by atoms with Gasteiger partial charge in [-0.25, -0.2) is 4.98 Å². The van der Waals surface area contributed by atoms with Gasteiger partial charge < -0.3 is 4.42 Å². The number of halogens is 1. The molecule has 0 unspecified atom stereocenters. The standard InChI is InChI=1S/C9H6ClNO2/c1-5-4-6-7(12)2-3-13-9(6)11-8(5)10/h2-4H,1H3. The van der Waals surface area contributed by atoms with E-state index in [2.05, 4.69) is 4.98 Å². The van der Waals surface area contributed by atoms with Gasteiger partial charge in [0.2, 0.25) is 5.71 Å². The number of aromatic nitrogens is 1. The molecule has 2 rings (SSSR count). The van der Waals surface area contributed by atoms with Crippen LogP contribution in [0.5, 0.6) is 0 Å². The van der Waals surface area contributed by atoms with E-state index in [1.54, 1.807) is 13.0 Å². The quantitative estimate of drug-likeness (QED) is 0.605. The summed E-state index contributed by atoms with van der Waals surface area (Å²) >= 11 is 5.77. The van der Waals surface area contributed by atoms with Crippen molar-refractivity contribution in [3.05, 3.63) is 39.3 Å². The maximum Gasteiger partial charge on any atom is 0.231 e. The molecule has 0 N–H and O–H groups in total. The Morgan fingerprint density at radius 2 is 2.31 bits per heavy atom. The van der Waals surface area contributed by atoms with Gasteiger partial charge in [0.05, 0.1) is 11.6 Å². The molecule has 2 heterocycles. The number of hydrogen-bond donors (Lipinski definition) is 0. The molecule has 0 spiro atoms. The Hall–Kier alpha value is -1.35.